The molecule has 0 saturated carbocycles. The molecule has 0 heterocycles. The van der Waals surface area contributed by atoms with Gasteiger partial charge in [0.2, 0.25) is 0 Å². The number of carbonyl (C=O) groups is 4. The average molecular weight is 272 g/mol. The van der Waals surface area contributed by atoms with Gasteiger partial charge in [-0.15, -0.1) is 0 Å². The summed E-state index contributed by atoms with van der Waals surface area (Å²) in [5.74, 6) is 0. The summed E-state index contributed by atoms with van der Waals surface area (Å²) < 4.78 is 45.5. The van der Waals surface area contributed by atoms with E-state index in [1.165, 1.54) is 0 Å². The Hall–Kier alpha value is -1.21. The quantitative estimate of drug-likeness (QED) is 0.413. The molecule has 9 heteroatoms. The molecule has 0 N–H and O–H groups in total. The first-order valence-corrected chi connectivity index (χ1v) is 6.04. The third-order valence-electron chi connectivity index (χ3n) is 1.31. The fraction of sp³-hybridized carbons (Fsp3) is 0.167. The van der Waals surface area contributed by atoms with Crippen LogP contribution >= 0.6 is 0 Å². The molecule has 0 aliphatic rings. The molecule has 4 nitrogen and oxygen atoms in total. The molecule has 0 spiro atoms. The molecule has 88 valence electrons. The van der Waals surface area contributed by atoms with Gasteiger partial charge in [-0.25, -0.2) is 0 Å². The number of hydrogen-bond acceptors (Lipinski definition) is 4. The third kappa shape index (κ3) is 1.80. The van der Waals surface area contributed by atoms with E-state index in [1.54, 1.807) is 0 Å². The van der Waals surface area contributed by atoms with Crippen molar-refractivity contribution >= 4 is 25.4 Å². The van der Waals surface area contributed by atoms with Gasteiger partial charge in [0.25, 0.3) is 0 Å². The molecule has 0 bridgehead atoms. The number of alkyl halides is 3. The monoisotopic (exact) mass is 272 g/mol. The standard InChI is InChI=1S/C2F4.4CHO.Fe/c3-1-2(4,5)6;4*1-2;/h;4*1H;. The van der Waals surface area contributed by atoms with Crippen LogP contribution in [0.4, 0.5) is 17.6 Å². The van der Waals surface area contributed by atoms with Crippen molar-refractivity contribution in [2.75, 3.05) is 0 Å². The molecule has 0 amide bonds. The van der Waals surface area contributed by atoms with Gasteiger partial charge in [0.15, 0.2) is 0 Å². The molecule has 0 aliphatic carbocycles. The number of hydrogen-bond donors (Lipinski definition) is 0. The molecule has 0 aromatic carbocycles. The second-order valence-electron chi connectivity index (χ2n) is 2.20. The molecule has 0 fully saturated rings. The number of rotatable bonds is 4. The van der Waals surface area contributed by atoms with E-state index in [9.17, 15) is 36.7 Å². The first-order valence-electron chi connectivity index (χ1n) is 2.94. The molecule has 0 radical (unpaired) electrons. The van der Waals surface area contributed by atoms with Crippen LogP contribution < -0.4 is 0 Å². The van der Waals surface area contributed by atoms with Gasteiger partial charge in [-0.3, -0.25) is 0 Å². The molecule has 0 atom stereocenters. The van der Waals surface area contributed by atoms with E-state index in [0.717, 1.165) is 0 Å². The molecule has 0 unspecified atom stereocenters. The normalized spacial score (nSPS) is 14.5. The van der Waals surface area contributed by atoms with Crippen LogP contribution in [0.2, 0.25) is 0 Å². The van der Waals surface area contributed by atoms with Crippen molar-refractivity contribution in [2.24, 2.45) is 0 Å². The van der Waals surface area contributed by atoms with Gasteiger partial charge in [-0.1, -0.05) is 0 Å². The van der Waals surface area contributed by atoms with Crippen molar-refractivity contribution in [2.45, 2.75) is 6.18 Å². The zero-order valence-corrected chi connectivity index (χ0v) is 7.91. The summed E-state index contributed by atoms with van der Waals surface area (Å²) in [7, 11) is 0. The van der Waals surface area contributed by atoms with Crippen molar-refractivity contribution in [3.05, 3.63) is 0 Å². The fourth-order valence-electron chi connectivity index (χ4n) is 0.496. The molecule has 0 aromatic rings. The Morgan fingerprint density at radius 2 is 1.13 bits per heavy atom. The molecule has 0 aliphatic heterocycles. The predicted octanol–water partition coefficient (Wildman–Crippen LogP) is 0.0985. The van der Waals surface area contributed by atoms with Gasteiger partial charge in [-0.05, 0) is 0 Å². The second-order valence-corrected chi connectivity index (χ2v) is 7.21. The topological polar surface area (TPSA) is 68.3 Å². The maximum atomic E-state index is 12.8. The van der Waals surface area contributed by atoms with Crippen LogP contribution in [0.5, 0.6) is 0 Å². The van der Waals surface area contributed by atoms with Crippen LogP contribution in [0.15, 0.2) is 0 Å². The van der Waals surface area contributed by atoms with Gasteiger partial charge >= 0.3 is 79.7 Å². The van der Waals surface area contributed by atoms with E-state index in [2.05, 4.69) is 0 Å². The Morgan fingerprint density at radius 1 is 0.867 bits per heavy atom. The van der Waals surface area contributed by atoms with E-state index < -0.39 is 42.9 Å². The number of carbonyl (C=O) groups excluding carboxylic acids is 4. The van der Waals surface area contributed by atoms with Gasteiger partial charge in [-0.2, -0.15) is 0 Å². The summed E-state index contributed by atoms with van der Waals surface area (Å²) in [6, 6.07) is 0. The third-order valence-corrected chi connectivity index (χ3v) is 5.07. The van der Waals surface area contributed by atoms with Crippen LogP contribution in [-0.4, -0.2) is 31.6 Å². The van der Waals surface area contributed by atoms with Crippen LogP contribution in [0.1, 0.15) is 0 Å². The van der Waals surface area contributed by atoms with Crippen LogP contribution in [0, 0.1) is 0 Å². The molecule has 0 saturated heterocycles. The predicted molar refractivity (Wildman–Crippen MR) is 39.2 cm³/mol. The van der Waals surface area contributed by atoms with Crippen molar-refractivity contribution < 1.29 is 48.1 Å². The molecule has 0 rings (SSSR count). The fourth-order valence-corrected chi connectivity index (χ4v) is 2.04. The molecule has 0 aromatic heterocycles. The van der Waals surface area contributed by atoms with E-state index in [1.807, 2.05) is 0 Å². The maximum absolute atomic E-state index is 12.8. The zero-order valence-electron chi connectivity index (χ0n) is 6.81. The first-order chi connectivity index (χ1) is 6.72. The SMILES string of the molecule is O=[CH][Fe]([CH]=O)([CH]=O)([CH]=O)=[C](F)C(F)(F)F. The summed E-state index contributed by atoms with van der Waals surface area (Å²) in [5.41, 5.74) is 0. The number of halogens is 4. The first kappa shape index (κ1) is 13.8. The van der Waals surface area contributed by atoms with Gasteiger partial charge in [0.05, 0.1) is 0 Å². The van der Waals surface area contributed by atoms with Gasteiger partial charge in [0, 0.05) is 0 Å². The average Bonchev–Trinajstić information content (AvgIpc) is 2.22. The van der Waals surface area contributed by atoms with E-state index in [4.69, 9.17) is 0 Å². The van der Waals surface area contributed by atoms with E-state index >= 15 is 0 Å². The Labute approximate surface area is 80.4 Å². The summed E-state index contributed by atoms with van der Waals surface area (Å²) >= 11 is -6.19. The van der Waals surface area contributed by atoms with Gasteiger partial charge in [0.1, 0.15) is 0 Å². The summed E-state index contributed by atoms with van der Waals surface area (Å²) in [5, 5.41) is -3.39. The van der Waals surface area contributed by atoms with Crippen LogP contribution in [0.25, 0.3) is 0 Å². The van der Waals surface area contributed by atoms with Crippen LogP contribution in [-0.2, 0) is 30.5 Å². The van der Waals surface area contributed by atoms with Crippen molar-refractivity contribution in [3.8, 4) is 0 Å². The Morgan fingerprint density at radius 3 is 1.20 bits per heavy atom. The van der Waals surface area contributed by atoms with Crippen molar-refractivity contribution in [1.82, 2.24) is 0 Å². The summed E-state index contributed by atoms with van der Waals surface area (Å²) in [6.45, 7) is 0. The summed E-state index contributed by atoms with van der Waals surface area (Å²) in [6.07, 6.45) is -5.70. The van der Waals surface area contributed by atoms with Crippen molar-refractivity contribution in [3.63, 3.8) is 0 Å². The van der Waals surface area contributed by atoms with E-state index in [-0.39, 0.29) is 0 Å². The minimum atomic E-state index is -6.19. The Kier molecular flexibility index (Phi) is 3.44. The summed E-state index contributed by atoms with van der Waals surface area (Å²) in [4.78, 5) is 41.4. The van der Waals surface area contributed by atoms with Gasteiger partial charge < -0.3 is 0 Å². The molecule has 15 heavy (non-hydrogen) atoms. The molecular weight excluding hydrogens is 268 g/mol. The van der Waals surface area contributed by atoms with E-state index in [0.29, 0.717) is 0 Å². The van der Waals surface area contributed by atoms with Crippen LogP contribution in [0.3, 0.4) is 0 Å². The molecular formula is C6H4F4FeO4. The zero-order chi connectivity index (χ0) is 12.4. The Balaban J connectivity index is 6.62. The Bertz CT molecular complexity index is 341. The minimum absolute atomic E-state index is 0.849. The van der Waals surface area contributed by atoms with Crippen molar-refractivity contribution in [1.29, 1.82) is 0 Å². The second kappa shape index (κ2) is 3.74.